The third-order valence-corrected chi connectivity index (χ3v) is 4.98. The van der Waals surface area contributed by atoms with Crippen LogP contribution in [0.5, 0.6) is 5.75 Å². The number of benzene rings is 1. The highest BCUT2D eigenvalue weighted by Gasteiger charge is 2.33. The van der Waals surface area contributed by atoms with Crippen molar-refractivity contribution in [2.75, 3.05) is 33.4 Å². The van der Waals surface area contributed by atoms with Crippen molar-refractivity contribution >= 4 is 18.3 Å². The van der Waals surface area contributed by atoms with E-state index in [0.717, 1.165) is 38.2 Å². The maximum absolute atomic E-state index is 12.7. The number of piperidine rings is 1. The van der Waals surface area contributed by atoms with Gasteiger partial charge in [0.25, 0.3) is 0 Å². The summed E-state index contributed by atoms with van der Waals surface area (Å²) in [5.41, 5.74) is 1.34. The topological polar surface area (TPSA) is 50.8 Å². The van der Waals surface area contributed by atoms with Gasteiger partial charge in [0.1, 0.15) is 11.8 Å². The van der Waals surface area contributed by atoms with Crippen molar-refractivity contribution in [1.29, 1.82) is 0 Å². The smallest absolute Gasteiger partial charge is 0.242 e. The van der Waals surface area contributed by atoms with Crippen LogP contribution in [0.15, 0.2) is 24.3 Å². The van der Waals surface area contributed by atoms with Gasteiger partial charge in [0.05, 0.1) is 19.8 Å². The average molecular weight is 355 g/mol. The molecule has 1 amide bonds. The summed E-state index contributed by atoms with van der Waals surface area (Å²) in [6.45, 7) is 5.05. The van der Waals surface area contributed by atoms with Crippen LogP contribution in [0.25, 0.3) is 0 Å². The monoisotopic (exact) mass is 354 g/mol. The summed E-state index contributed by atoms with van der Waals surface area (Å²) in [4.78, 5) is 14.6. The van der Waals surface area contributed by atoms with Gasteiger partial charge < -0.3 is 19.7 Å². The lowest BCUT2D eigenvalue weighted by Crippen LogP contribution is -2.57. The normalized spacial score (nSPS) is 25.0. The minimum absolute atomic E-state index is 0. The van der Waals surface area contributed by atoms with E-state index in [-0.39, 0.29) is 30.5 Å². The van der Waals surface area contributed by atoms with E-state index >= 15 is 0 Å². The third kappa shape index (κ3) is 4.21. The first kappa shape index (κ1) is 19.0. The molecule has 2 atom stereocenters. The Bertz CT molecular complexity index is 530. The van der Waals surface area contributed by atoms with E-state index < -0.39 is 0 Å². The van der Waals surface area contributed by atoms with Crippen LogP contribution in [0.2, 0.25) is 0 Å². The number of methoxy groups -OCH3 is 1. The van der Waals surface area contributed by atoms with Crippen molar-refractivity contribution in [1.82, 2.24) is 10.2 Å². The van der Waals surface area contributed by atoms with Gasteiger partial charge in [-0.15, -0.1) is 12.4 Å². The van der Waals surface area contributed by atoms with E-state index in [9.17, 15) is 4.79 Å². The number of amides is 1. The first-order chi connectivity index (χ1) is 11.2. The Morgan fingerprint density at radius 2 is 1.92 bits per heavy atom. The van der Waals surface area contributed by atoms with Crippen LogP contribution in [-0.2, 0) is 9.53 Å². The lowest BCUT2D eigenvalue weighted by molar-refractivity contribution is -0.140. The van der Waals surface area contributed by atoms with Gasteiger partial charge in [-0.25, -0.2) is 0 Å². The van der Waals surface area contributed by atoms with Crippen LogP contribution in [0, 0.1) is 0 Å². The Morgan fingerprint density at radius 1 is 1.25 bits per heavy atom. The van der Waals surface area contributed by atoms with Crippen molar-refractivity contribution in [2.45, 2.75) is 37.8 Å². The van der Waals surface area contributed by atoms with Gasteiger partial charge in [0.15, 0.2) is 0 Å². The number of hydrogen-bond acceptors (Lipinski definition) is 4. The van der Waals surface area contributed by atoms with E-state index in [0.29, 0.717) is 12.5 Å². The summed E-state index contributed by atoms with van der Waals surface area (Å²) >= 11 is 0. The zero-order valence-corrected chi connectivity index (χ0v) is 15.2. The molecule has 0 aliphatic carbocycles. The fourth-order valence-corrected chi connectivity index (χ4v) is 3.52. The largest absolute Gasteiger partial charge is 0.497 e. The fraction of sp³-hybridized carbons (Fsp3) is 0.611. The number of carbonyl (C=O) groups excluding carboxylic acids is 1. The summed E-state index contributed by atoms with van der Waals surface area (Å²) in [5, 5.41) is 3.29. The Morgan fingerprint density at radius 3 is 2.50 bits per heavy atom. The molecular weight excluding hydrogens is 328 g/mol. The molecule has 0 unspecified atom stereocenters. The Balaban J connectivity index is 0.00000208. The first-order valence-corrected chi connectivity index (χ1v) is 8.47. The molecule has 0 bridgehead atoms. The molecule has 134 valence electrons. The number of ether oxygens (including phenoxy) is 2. The molecule has 2 heterocycles. The van der Waals surface area contributed by atoms with Gasteiger partial charge in [-0.2, -0.15) is 0 Å². The third-order valence-electron chi connectivity index (χ3n) is 4.98. The van der Waals surface area contributed by atoms with Crippen LogP contribution in [0.3, 0.4) is 0 Å². The van der Waals surface area contributed by atoms with Crippen LogP contribution >= 0.6 is 12.4 Å². The lowest BCUT2D eigenvalue weighted by Gasteiger charge is -2.37. The van der Waals surface area contributed by atoms with E-state index in [1.165, 1.54) is 5.56 Å². The predicted octanol–water partition coefficient (Wildman–Crippen LogP) is 2.20. The summed E-state index contributed by atoms with van der Waals surface area (Å²) in [6.07, 6.45) is 1.98. The number of morpholine rings is 1. The van der Waals surface area contributed by atoms with Gasteiger partial charge in [0.2, 0.25) is 5.91 Å². The highest BCUT2D eigenvalue weighted by molar-refractivity contribution is 5.85. The number of likely N-dealkylation sites (tertiary alicyclic amines) is 1. The molecule has 1 aromatic rings. The molecule has 1 N–H and O–H groups in total. The number of halogens is 1. The van der Waals surface area contributed by atoms with Crippen LogP contribution in [0.1, 0.15) is 31.2 Å². The van der Waals surface area contributed by atoms with Crippen molar-refractivity contribution in [3.63, 3.8) is 0 Å². The highest BCUT2D eigenvalue weighted by Crippen LogP contribution is 2.29. The average Bonchev–Trinajstić information content (AvgIpc) is 2.62. The predicted molar refractivity (Wildman–Crippen MR) is 96.0 cm³/mol. The van der Waals surface area contributed by atoms with Crippen LogP contribution < -0.4 is 10.1 Å². The standard InChI is InChI=1S/C18H26N2O3.ClH/c1-13-17(19-9-12-23-13)18(21)20-10-7-15(8-11-20)14-3-5-16(22-2)6-4-14;/h3-6,13,15,17,19H,7-12H2,1-2H3;1H/t13-,17+;/m1./s1. The van der Waals surface area contributed by atoms with Crippen LogP contribution in [-0.4, -0.2) is 56.3 Å². The molecule has 0 spiro atoms. The summed E-state index contributed by atoms with van der Waals surface area (Å²) in [5.74, 6) is 1.60. The molecular formula is C18H27ClN2O3. The van der Waals surface area contributed by atoms with Gasteiger partial charge in [-0.3, -0.25) is 4.79 Å². The fourth-order valence-electron chi connectivity index (χ4n) is 3.52. The molecule has 0 aromatic heterocycles. The van der Waals surface area contributed by atoms with Gasteiger partial charge in [0, 0.05) is 19.6 Å². The Labute approximate surface area is 150 Å². The van der Waals surface area contributed by atoms with Gasteiger partial charge >= 0.3 is 0 Å². The SMILES string of the molecule is COc1ccc(C2CCN(C(=O)[C@H]3NCCO[C@@H]3C)CC2)cc1.Cl. The number of hydrogen-bond donors (Lipinski definition) is 1. The van der Waals surface area contributed by atoms with E-state index in [1.54, 1.807) is 7.11 Å². The second kappa shape index (κ2) is 8.70. The second-order valence-electron chi connectivity index (χ2n) is 6.38. The Hall–Kier alpha value is -1.30. The molecule has 6 heteroatoms. The Kier molecular flexibility index (Phi) is 6.90. The zero-order chi connectivity index (χ0) is 16.2. The van der Waals surface area contributed by atoms with Crippen LogP contribution in [0.4, 0.5) is 0 Å². The van der Waals surface area contributed by atoms with Crippen molar-refractivity contribution in [2.24, 2.45) is 0 Å². The maximum Gasteiger partial charge on any atom is 0.242 e. The number of nitrogens with one attached hydrogen (secondary N) is 1. The van der Waals surface area contributed by atoms with Gasteiger partial charge in [-0.1, -0.05) is 12.1 Å². The minimum Gasteiger partial charge on any atom is -0.497 e. The summed E-state index contributed by atoms with van der Waals surface area (Å²) in [7, 11) is 1.68. The van der Waals surface area contributed by atoms with Crippen molar-refractivity contribution < 1.29 is 14.3 Å². The number of rotatable bonds is 3. The molecule has 2 aliphatic heterocycles. The van der Waals surface area contributed by atoms with Crippen molar-refractivity contribution in [3.05, 3.63) is 29.8 Å². The quantitative estimate of drug-likeness (QED) is 0.904. The second-order valence-corrected chi connectivity index (χ2v) is 6.38. The molecule has 5 nitrogen and oxygen atoms in total. The highest BCUT2D eigenvalue weighted by atomic mass is 35.5. The van der Waals surface area contributed by atoms with Gasteiger partial charge in [-0.05, 0) is 43.4 Å². The molecule has 0 radical (unpaired) electrons. The zero-order valence-electron chi connectivity index (χ0n) is 14.4. The lowest BCUT2D eigenvalue weighted by atomic mass is 9.89. The first-order valence-electron chi connectivity index (χ1n) is 8.47. The number of nitrogens with zero attached hydrogens (tertiary/aromatic N) is 1. The minimum atomic E-state index is -0.193. The molecule has 2 fully saturated rings. The van der Waals surface area contributed by atoms with E-state index in [4.69, 9.17) is 9.47 Å². The molecule has 1 aromatic carbocycles. The molecule has 24 heavy (non-hydrogen) atoms. The molecule has 3 rings (SSSR count). The van der Waals surface area contributed by atoms with Crippen molar-refractivity contribution in [3.8, 4) is 5.75 Å². The molecule has 2 aliphatic rings. The maximum atomic E-state index is 12.7. The van der Waals surface area contributed by atoms with E-state index in [2.05, 4.69) is 17.4 Å². The van der Waals surface area contributed by atoms with E-state index in [1.807, 2.05) is 24.0 Å². The molecule has 0 saturated carbocycles. The summed E-state index contributed by atoms with van der Waals surface area (Å²) < 4.78 is 10.8. The molecule has 2 saturated heterocycles. The number of carbonyl (C=O) groups is 1. The summed E-state index contributed by atoms with van der Waals surface area (Å²) in [6, 6.07) is 8.11.